The van der Waals surface area contributed by atoms with Crippen molar-refractivity contribution >= 4 is 17.5 Å². The Kier molecular flexibility index (Phi) is 5.88. The maximum Gasteiger partial charge on any atom is 0.257 e. The minimum absolute atomic E-state index is 0.0328. The van der Waals surface area contributed by atoms with E-state index in [-0.39, 0.29) is 5.91 Å². The van der Waals surface area contributed by atoms with Gasteiger partial charge in [-0.1, -0.05) is 18.5 Å². The van der Waals surface area contributed by atoms with E-state index in [2.05, 4.69) is 12.2 Å². The van der Waals surface area contributed by atoms with Crippen LogP contribution in [0, 0.1) is 5.92 Å². The highest BCUT2D eigenvalue weighted by Crippen LogP contribution is 2.26. The molecule has 116 valence electrons. The predicted molar refractivity (Wildman–Crippen MR) is 85.2 cm³/mol. The summed E-state index contributed by atoms with van der Waals surface area (Å²) in [5.41, 5.74) is 0.590. The normalized spacial score (nSPS) is 16.0. The molecule has 1 aliphatic rings. The number of likely N-dealkylation sites (tertiary alicyclic amines) is 1. The summed E-state index contributed by atoms with van der Waals surface area (Å²) in [5.74, 6) is 1.24. The third-order valence-corrected chi connectivity index (χ3v) is 4.21. The third kappa shape index (κ3) is 4.11. The van der Waals surface area contributed by atoms with Gasteiger partial charge in [-0.3, -0.25) is 4.79 Å². The molecule has 21 heavy (non-hydrogen) atoms. The van der Waals surface area contributed by atoms with E-state index in [0.717, 1.165) is 39.0 Å². The average molecular weight is 311 g/mol. The number of nitrogens with zero attached hydrogens (tertiary/aromatic N) is 1. The molecule has 0 atom stereocenters. The number of hydrogen-bond donors (Lipinski definition) is 1. The number of amides is 1. The number of hydrogen-bond acceptors (Lipinski definition) is 3. The van der Waals surface area contributed by atoms with Crippen molar-refractivity contribution in [1.82, 2.24) is 10.2 Å². The number of ether oxygens (including phenoxy) is 1. The molecule has 0 spiro atoms. The highest BCUT2D eigenvalue weighted by Gasteiger charge is 2.25. The van der Waals surface area contributed by atoms with Crippen LogP contribution < -0.4 is 10.1 Å². The summed E-state index contributed by atoms with van der Waals surface area (Å²) in [7, 11) is 1.56. The molecule has 1 amide bonds. The number of carbonyl (C=O) groups is 1. The highest BCUT2D eigenvalue weighted by molar-refractivity contribution is 6.30. The Morgan fingerprint density at radius 2 is 2.14 bits per heavy atom. The first kappa shape index (κ1) is 16.1. The molecular formula is C16H23ClN2O2. The first-order chi connectivity index (χ1) is 10.2. The summed E-state index contributed by atoms with van der Waals surface area (Å²) in [6, 6.07) is 5.16. The van der Waals surface area contributed by atoms with Gasteiger partial charge >= 0.3 is 0 Å². The van der Waals surface area contributed by atoms with Crippen LogP contribution in [0.1, 0.15) is 30.1 Å². The van der Waals surface area contributed by atoms with E-state index < -0.39 is 0 Å². The zero-order valence-electron chi connectivity index (χ0n) is 12.7. The van der Waals surface area contributed by atoms with Crippen molar-refractivity contribution in [3.63, 3.8) is 0 Å². The molecule has 5 heteroatoms. The van der Waals surface area contributed by atoms with Gasteiger partial charge in [-0.05, 0) is 50.0 Å². The van der Waals surface area contributed by atoms with Gasteiger partial charge in [0.2, 0.25) is 0 Å². The van der Waals surface area contributed by atoms with Crippen molar-refractivity contribution in [2.75, 3.05) is 33.3 Å². The number of piperidine rings is 1. The Morgan fingerprint density at radius 1 is 1.43 bits per heavy atom. The zero-order valence-corrected chi connectivity index (χ0v) is 13.4. The summed E-state index contributed by atoms with van der Waals surface area (Å²) in [5, 5.41) is 3.96. The molecule has 1 saturated heterocycles. The lowest BCUT2D eigenvalue weighted by molar-refractivity contribution is 0.0687. The molecule has 1 aromatic carbocycles. The largest absolute Gasteiger partial charge is 0.496 e. The standard InChI is InChI=1S/C16H23ClN2O2/c1-3-18-11-12-6-8-19(9-7-12)16(20)14-5-4-13(17)10-15(14)21-2/h4-5,10,12,18H,3,6-9,11H2,1-2H3. The predicted octanol–water partition coefficient (Wildman–Crippen LogP) is 2.81. The van der Waals surface area contributed by atoms with Crippen LogP contribution in [-0.4, -0.2) is 44.1 Å². The molecule has 0 aliphatic carbocycles. The number of halogens is 1. The van der Waals surface area contributed by atoms with Gasteiger partial charge in [-0.25, -0.2) is 0 Å². The summed E-state index contributed by atoms with van der Waals surface area (Å²) < 4.78 is 5.27. The molecular weight excluding hydrogens is 288 g/mol. The SMILES string of the molecule is CCNCC1CCN(C(=O)c2ccc(Cl)cc2OC)CC1. The van der Waals surface area contributed by atoms with Crippen LogP contribution in [0.25, 0.3) is 0 Å². The minimum atomic E-state index is 0.0328. The maximum atomic E-state index is 12.6. The summed E-state index contributed by atoms with van der Waals surface area (Å²) >= 11 is 5.94. The fraction of sp³-hybridized carbons (Fsp3) is 0.562. The van der Waals surface area contributed by atoms with E-state index in [0.29, 0.717) is 22.3 Å². The number of nitrogens with one attached hydrogen (secondary N) is 1. The van der Waals surface area contributed by atoms with E-state index >= 15 is 0 Å². The summed E-state index contributed by atoms with van der Waals surface area (Å²) in [6.07, 6.45) is 2.10. The fourth-order valence-electron chi connectivity index (χ4n) is 2.70. The Balaban J connectivity index is 1.99. The Labute approximate surface area is 131 Å². The molecule has 0 saturated carbocycles. The van der Waals surface area contributed by atoms with Crippen LogP contribution in [0.5, 0.6) is 5.75 Å². The van der Waals surface area contributed by atoms with Crippen molar-refractivity contribution in [2.45, 2.75) is 19.8 Å². The molecule has 0 aromatic heterocycles. The molecule has 1 aliphatic heterocycles. The van der Waals surface area contributed by atoms with Crippen LogP contribution in [0.2, 0.25) is 5.02 Å². The lowest BCUT2D eigenvalue weighted by Gasteiger charge is -2.32. The fourth-order valence-corrected chi connectivity index (χ4v) is 2.86. The summed E-state index contributed by atoms with van der Waals surface area (Å²) in [4.78, 5) is 14.5. The Bertz CT molecular complexity index is 485. The third-order valence-electron chi connectivity index (χ3n) is 3.98. The van der Waals surface area contributed by atoms with Crippen molar-refractivity contribution in [2.24, 2.45) is 5.92 Å². The Morgan fingerprint density at radius 3 is 2.76 bits per heavy atom. The van der Waals surface area contributed by atoms with Crippen molar-refractivity contribution in [3.8, 4) is 5.75 Å². The van der Waals surface area contributed by atoms with Gasteiger partial charge in [0.05, 0.1) is 12.7 Å². The Hall–Kier alpha value is -1.26. The smallest absolute Gasteiger partial charge is 0.257 e. The zero-order chi connectivity index (χ0) is 15.2. The van der Waals surface area contributed by atoms with E-state index in [4.69, 9.17) is 16.3 Å². The first-order valence-electron chi connectivity index (χ1n) is 7.49. The molecule has 0 unspecified atom stereocenters. The van der Waals surface area contributed by atoms with Crippen molar-refractivity contribution in [1.29, 1.82) is 0 Å². The average Bonchev–Trinajstić information content (AvgIpc) is 2.52. The van der Waals surface area contributed by atoms with Crippen molar-refractivity contribution in [3.05, 3.63) is 28.8 Å². The molecule has 0 bridgehead atoms. The monoisotopic (exact) mass is 310 g/mol. The van der Waals surface area contributed by atoms with E-state index in [1.165, 1.54) is 0 Å². The number of rotatable bonds is 5. The second-order valence-electron chi connectivity index (χ2n) is 5.39. The van der Waals surface area contributed by atoms with E-state index in [1.54, 1.807) is 25.3 Å². The first-order valence-corrected chi connectivity index (χ1v) is 7.87. The van der Waals surface area contributed by atoms with Gasteiger partial charge in [0, 0.05) is 18.1 Å². The molecule has 1 fully saturated rings. The summed E-state index contributed by atoms with van der Waals surface area (Å²) in [6.45, 7) is 5.77. The van der Waals surface area contributed by atoms with Crippen molar-refractivity contribution < 1.29 is 9.53 Å². The van der Waals surface area contributed by atoms with Crippen LogP contribution in [0.4, 0.5) is 0 Å². The minimum Gasteiger partial charge on any atom is -0.496 e. The molecule has 1 heterocycles. The van der Waals surface area contributed by atoms with E-state index in [9.17, 15) is 4.79 Å². The van der Waals surface area contributed by atoms with E-state index in [1.807, 2.05) is 4.90 Å². The van der Waals surface area contributed by atoms with Crippen LogP contribution in [-0.2, 0) is 0 Å². The lowest BCUT2D eigenvalue weighted by atomic mass is 9.96. The van der Waals surface area contributed by atoms with Gasteiger partial charge in [-0.15, -0.1) is 0 Å². The topological polar surface area (TPSA) is 41.6 Å². The number of carbonyl (C=O) groups excluding carboxylic acids is 1. The van der Waals surface area contributed by atoms with Crippen LogP contribution in [0.3, 0.4) is 0 Å². The second-order valence-corrected chi connectivity index (χ2v) is 5.82. The van der Waals surface area contributed by atoms with Gasteiger partial charge in [0.1, 0.15) is 5.75 Å². The lowest BCUT2D eigenvalue weighted by Crippen LogP contribution is -2.40. The quantitative estimate of drug-likeness (QED) is 0.909. The van der Waals surface area contributed by atoms with Gasteiger partial charge in [0.15, 0.2) is 0 Å². The molecule has 4 nitrogen and oxygen atoms in total. The molecule has 1 N–H and O–H groups in total. The van der Waals surface area contributed by atoms with Gasteiger partial charge < -0.3 is 15.0 Å². The number of methoxy groups -OCH3 is 1. The maximum absolute atomic E-state index is 12.6. The van der Waals surface area contributed by atoms with Crippen LogP contribution in [0.15, 0.2) is 18.2 Å². The molecule has 1 aromatic rings. The van der Waals surface area contributed by atoms with Gasteiger partial charge in [-0.2, -0.15) is 0 Å². The number of benzene rings is 1. The van der Waals surface area contributed by atoms with Gasteiger partial charge in [0.25, 0.3) is 5.91 Å². The highest BCUT2D eigenvalue weighted by atomic mass is 35.5. The molecule has 2 rings (SSSR count). The van der Waals surface area contributed by atoms with Crippen LogP contribution >= 0.6 is 11.6 Å². The molecule has 0 radical (unpaired) electrons. The second kappa shape index (κ2) is 7.66.